The zero-order valence-electron chi connectivity index (χ0n) is 12.6. The maximum absolute atomic E-state index is 12.2. The standard InChI is InChI=1S/C16H23ClN2O2/c1-18(2)10-12-9-13(20)11-19(12)8-7-16(21)14-5-3-4-6-15(14)17/h3-6,12-13,20H,7-11H2,1-2H3. The van der Waals surface area contributed by atoms with Crippen molar-refractivity contribution >= 4 is 17.4 Å². The molecule has 1 fully saturated rings. The molecule has 0 saturated carbocycles. The third-order valence-corrected chi connectivity index (χ3v) is 4.21. The van der Waals surface area contributed by atoms with Crippen molar-refractivity contribution in [3.05, 3.63) is 34.9 Å². The van der Waals surface area contributed by atoms with Gasteiger partial charge < -0.3 is 10.0 Å². The van der Waals surface area contributed by atoms with Crippen molar-refractivity contribution in [1.82, 2.24) is 9.80 Å². The van der Waals surface area contributed by atoms with Crippen LogP contribution in [0.5, 0.6) is 0 Å². The highest BCUT2D eigenvalue weighted by Crippen LogP contribution is 2.21. The molecule has 21 heavy (non-hydrogen) atoms. The summed E-state index contributed by atoms with van der Waals surface area (Å²) in [6.45, 7) is 2.21. The summed E-state index contributed by atoms with van der Waals surface area (Å²) in [4.78, 5) is 16.6. The molecular weight excluding hydrogens is 288 g/mol. The number of likely N-dealkylation sites (N-methyl/N-ethyl adjacent to an activating group) is 1. The van der Waals surface area contributed by atoms with Crippen molar-refractivity contribution < 1.29 is 9.90 Å². The number of aliphatic hydroxyl groups is 1. The Morgan fingerprint density at radius 2 is 2.14 bits per heavy atom. The number of carbonyl (C=O) groups excluding carboxylic acids is 1. The van der Waals surface area contributed by atoms with Gasteiger partial charge in [-0.05, 0) is 32.6 Å². The van der Waals surface area contributed by atoms with Gasteiger partial charge in [0, 0.05) is 37.7 Å². The number of aliphatic hydroxyl groups excluding tert-OH is 1. The Kier molecular flexibility index (Phi) is 5.76. The molecule has 4 nitrogen and oxygen atoms in total. The minimum Gasteiger partial charge on any atom is -0.392 e. The SMILES string of the molecule is CN(C)CC1CC(O)CN1CCC(=O)c1ccccc1Cl. The fraction of sp³-hybridized carbons (Fsp3) is 0.562. The maximum atomic E-state index is 12.2. The Morgan fingerprint density at radius 1 is 1.43 bits per heavy atom. The molecule has 0 spiro atoms. The number of rotatable bonds is 6. The normalized spacial score (nSPS) is 22.9. The molecule has 0 bridgehead atoms. The Labute approximate surface area is 131 Å². The lowest BCUT2D eigenvalue weighted by Gasteiger charge is -2.26. The molecule has 2 rings (SSSR count). The summed E-state index contributed by atoms with van der Waals surface area (Å²) in [6.07, 6.45) is 0.920. The summed E-state index contributed by atoms with van der Waals surface area (Å²) in [6, 6.07) is 7.47. The van der Waals surface area contributed by atoms with E-state index in [-0.39, 0.29) is 11.9 Å². The largest absolute Gasteiger partial charge is 0.392 e. The summed E-state index contributed by atoms with van der Waals surface area (Å²) in [5, 5.41) is 10.4. The van der Waals surface area contributed by atoms with E-state index >= 15 is 0 Å². The zero-order chi connectivity index (χ0) is 15.4. The minimum atomic E-state index is -0.287. The molecular formula is C16H23ClN2O2. The topological polar surface area (TPSA) is 43.8 Å². The quantitative estimate of drug-likeness (QED) is 0.815. The molecule has 116 valence electrons. The molecule has 2 unspecified atom stereocenters. The van der Waals surface area contributed by atoms with Crippen LogP contribution in [0.4, 0.5) is 0 Å². The molecule has 0 aliphatic carbocycles. The number of ketones is 1. The van der Waals surface area contributed by atoms with Crippen molar-refractivity contribution in [1.29, 1.82) is 0 Å². The van der Waals surface area contributed by atoms with Gasteiger partial charge in [0.15, 0.2) is 5.78 Å². The second-order valence-electron chi connectivity index (χ2n) is 5.95. The second kappa shape index (κ2) is 7.36. The molecule has 1 saturated heterocycles. The van der Waals surface area contributed by atoms with Crippen molar-refractivity contribution in [2.24, 2.45) is 0 Å². The van der Waals surface area contributed by atoms with Crippen LogP contribution in [-0.4, -0.2) is 66.6 Å². The van der Waals surface area contributed by atoms with Gasteiger partial charge >= 0.3 is 0 Å². The van der Waals surface area contributed by atoms with Gasteiger partial charge in [0.05, 0.1) is 11.1 Å². The van der Waals surface area contributed by atoms with Gasteiger partial charge in [-0.25, -0.2) is 0 Å². The van der Waals surface area contributed by atoms with E-state index in [4.69, 9.17) is 11.6 Å². The summed E-state index contributed by atoms with van der Waals surface area (Å²) >= 11 is 6.05. The highest BCUT2D eigenvalue weighted by atomic mass is 35.5. The number of likely N-dealkylation sites (tertiary alicyclic amines) is 1. The molecule has 0 amide bonds. The molecule has 1 N–H and O–H groups in total. The number of nitrogens with zero attached hydrogens (tertiary/aromatic N) is 2. The number of Topliss-reactive ketones (excluding diaryl/α,β-unsaturated/α-hetero) is 1. The van der Waals surface area contributed by atoms with Gasteiger partial charge in [-0.15, -0.1) is 0 Å². The first-order chi connectivity index (χ1) is 9.97. The van der Waals surface area contributed by atoms with E-state index in [1.165, 1.54) is 0 Å². The van der Waals surface area contributed by atoms with E-state index < -0.39 is 0 Å². The lowest BCUT2D eigenvalue weighted by Crippen LogP contribution is -2.38. The summed E-state index contributed by atoms with van der Waals surface area (Å²) in [5.74, 6) is 0.0607. The maximum Gasteiger partial charge on any atom is 0.165 e. The number of hydrogen-bond donors (Lipinski definition) is 1. The smallest absolute Gasteiger partial charge is 0.165 e. The molecule has 1 aromatic carbocycles. The van der Waals surface area contributed by atoms with Gasteiger partial charge in [0.2, 0.25) is 0 Å². The third kappa shape index (κ3) is 4.51. The summed E-state index contributed by atoms with van der Waals surface area (Å²) in [5.41, 5.74) is 0.586. The first-order valence-corrected chi connectivity index (χ1v) is 7.69. The number of benzene rings is 1. The van der Waals surface area contributed by atoms with Crippen LogP contribution >= 0.6 is 11.6 Å². The third-order valence-electron chi connectivity index (χ3n) is 3.88. The summed E-state index contributed by atoms with van der Waals surface area (Å²) < 4.78 is 0. The van der Waals surface area contributed by atoms with Crippen molar-refractivity contribution in [3.8, 4) is 0 Å². The van der Waals surface area contributed by atoms with Gasteiger partial charge in [-0.2, -0.15) is 0 Å². The average molecular weight is 311 g/mol. The predicted octanol–water partition coefficient (Wildman–Crippen LogP) is 1.91. The molecule has 1 aliphatic heterocycles. The molecule has 0 aromatic heterocycles. The van der Waals surface area contributed by atoms with Crippen LogP contribution in [0.25, 0.3) is 0 Å². The van der Waals surface area contributed by atoms with Crippen LogP contribution in [0.2, 0.25) is 5.02 Å². The Balaban J connectivity index is 1.92. The number of hydrogen-bond acceptors (Lipinski definition) is 4. The second-order valence-corrected chi connectivity index (χ2v) is 6.36. The molecule has 0 radical (unpaired) electrons. The fourth-order valence-corrected chi connectivity index (χ4v) is 3.15. The Bertz CT molecular complexity index is 493. The van der Waals surface area contributed by atoms with E-state index in [2.05, 4.69) is 9.80 Å². The fourth-order valence-electron chi connectivity index (χ4n) is 2.91. The van der Waals surface area contributed by atoms with E-state index in [1.54, 1.807) is 12.1 Å². The minimum absolute atomic E-state index is 0.0607. The van der Waals surface area contributed by atoms with Crippen LogP contribution in [0.1, 0.15) is 23.2 Å². The van der Waals surface area contributed by atoms with Gasteiger partial charge in [-0.3, -0.25) is 9.69 Å². The lowest BCUT2D eigenvalue weighted by atomic mass is 10.1. The van der Waals surface area contributed by atoms with E-state index in [0.29, 0.717) is 36.1 Å². The zero-order valence-corrected chi connectivity index (χ0v) is 13.4. The van der Waals surface area contributed by atoms with Gasteiger partial charge in [0.25, 0.3) is 0 Å². The van der Waals surface area contributed by atoms with Crippen molar-refractivity contribution in [2.45, 2.75) is 25.0 Å². The molecule has 1 heterocycles. The number of β-amino-alcohol motifs (C(OH)–C–C–N with tert-alkyl or cyclic N) is 1. The van der Waals surface area contributed by atoms with Crippen molar-refractivity contribution in [3.63, 3.8) is 0 Å². The molecule has 2 atom stereocenters. The molecule has 1 aliphatic rings. The predicted molar refractivity (Wildman–Crippen MR) is 84.9 cm³/mol. The average Bonchev–Trinajstić information content (AvgIpc) is 2.75. The lowest BCUT2D eigenvalue weighted by molar-refractivity contribution is 0.0953. The van der Waals surface area contributed by atoms with Gasteiger partial charge in [-0.1, -0.05) is 23.7 Å². The summed E-state index contributed by atoms with van der Waals surface area (Å²) in [7, 11) is 4.05. The van der Waals surface area contributed by atoms with Crippen LogP contribution in [0.3, 0.4) is 0 Å². The van der Waals surface area contributed by atoms with Crippen molar-refractivity contribution in [2.75, 3.05) is 33.7 Å². The van der Waals surface area contributed by atoms with Crippen LogP contribution < -0.4 is 0 Å². The van der Waals surface area contributed by atoms with Crippen LogP contribution in [0.15, 0.2) is 24.3 Å². The highest BCUT2D eigenvalue weighted by Gasteiger charge is 2.31. The first kappa shape index (κ1) is 16.4. The number of carbonyl (C=O) groups is 1. The van der Waals surface area contributed by atoms with E-state index in [9.17, 15) is 9.90 Å². The monoisotopic (exact) mass is 310 g/mol. The Morgan fingerprint density at radius 3 is 2.81 bits per heavy atom. The van der Waals surface area contributed by atoms with E-state index in [1.807, 2.05) is 26.2 Å². The highest BCUT2D eigenvalue weighted by molar-refractivity contribution is 6.33. The van der Waals surface area contributed by atoms with Gasteiger partial charge in [0.1, 0.15) is 0 Å². The number of halogens is 1. The Hall–Kier alpha value is -0.940. The molecule has 5 heteroatoms. The molecule has 1 aromatic rings. The van der Waals surface area contributed by atoms with E-state index in [0.717, 1.165) is 13.0 Å². The van der Waals surface area contributed by atoms with Crippen LogP contribution in [0, 0.1) is 0 Å². The van der Waals surface area contributed by atoms with Crippen LogP contribution in [-0.2, 0) is 0 Å². The first-order valence-electron chi connectivity index (χ1n) is 7.32.